The van der Waals surface area contributed by atoms with Gasteiger partial charge in [0.15, 0.2) is 0 Å². The molecule has 0 saturated carbocycles. The summed E-state index contributed by atoms with van der Waals surface area (Å²) in [6.07, 6.45) is 0.964. The molecule has 1 amide bonds. The van der Waals surface area contributed by atoms with Gasteiger partial charge in [-0.2, -0.15) is 0 Å². The molecule has 1 aromatic rings. The van der Waals surface area contributed by atoms with Crippen LogP contribution in [0.5, 0.6) is 0 Å². The molecular formula is C13H19BrN2O. The molecule has 0 aliphatic rings. The molecule has 1 aromatic carbocycles. The first-order chi connectivity index (χ1) is 8.04. The highest BCUT2D eigenvalue weighted by molar-refractivity contribution is 9.10. The predicted molar refractivity (Wildman–Crippen MR) is 74.4 cm³/mol. The van der Waals surface area contributed by atoms with E-state index >= 15 is 0 Å². The van der Waals surface area contributed by atoms with Crippen LogP contribution in [0.1, 0.15) is 22.3 Å². The number of aryl methyl sites for hydroxylation is 1. The maximum absolute atomic E-state index is 12.1. The van der Waals surface area contributed by atoms with Crippen molar-refractivity contribution >= 4 is 21.8 Å². The number of nitrogens with one attached hydrogen (secondary N) is 1. The van der Waals surface area contributed by atoms with E-state index in [4.69, 9.17) is 0 Å². The molecule has 0 bridgehead atoms. The average molecular weight is 299 g/mol. The van der Waals surface area contributed by atoms with Crippen LogP contribution < -0.4 is 5.32 Å². The lowest BCUT2D eigenvalue weighted by Gasteiger charge is -2.17. The normalized spacial score (nSPS) is 10.4. The number of carbonyl (C=O) groups is 1. The molecule has 0 fully saturated rings. The summed E-state index contributed by atoms with van der Waals surface area (Å²) in [7, 11) is 3.76. The molecule has 0 spiro atoms. The van der Waals surface area contributed by atoms with Crippen molar-refractivity contribution < 1.29 is 4.79 Å². The molecule has 3 nitrogen and oxygen atoms in total. The van der Waals surface area contributed by atoms with Crippen LogP contribution in [-0.4, -0.2) is 38.0 Å². The van der Waals surface area contributed by atoms with Gasteiger partial charge in [0.1, 0.15) is 0 Å². The number of nitrogens with zero attached hydrogens (tertiary/aromatic N) is 1. The van der Waals surface area contributed by atoms with Crippen LogP contribution in [0.15, 0.2) is 22.7 Å². The first-order valence-electron chi connectivity index (χ1n) is 5.72. The minimum atomic E-state index is 0.0745. The zero-order valence-corrected chi connectivity index (χ0v) is 12.2. The van der Waals surface area contributed by atoms with Crippen LogP contribution in [0, 0.1) is 6.92 Å². The number of hydrogen-bond acceptors (Lipinski definition) is 2. The third-order valence-corrected chi connectivity index (χ3v) is 3.01. The van der Waals surface area contributed by atoms with E-state index in [0.29, 0.717) is 0 Å². The molecule has 0 radical (unpaired) electrons. The minimum Gasteiger partial charge on any atom is -0.342 e. The standard InChI is InChI=1S/C13H19BrN2O/c1-10-7-11(9-12(14)8-10)13(17)16(3)6-4-5-15-2/h7-9,15H,4-6H2,1-3H3. The van der Waals surface area contributed by atoms with Gasteiger partial charge >= 0.3 is 0 Å². The molecule has 0 aromatic heterocycles. The summed E-state index contributed by atoms with van der Waals surface area (Å²) in [6, 6.07) is 5.78. The molecular weight excluding hydrogens is 280 g/mol. The Morgan fingerprint density at radius 3 is 2.71 bits per heavy atom. The highest BCUT2D eigenvalue weighted by atomic mass is 79.9. The van der Waals surface area contributed by atoms with Gasteiger partial charge in [0.05, 0.1) is 0 Å². The van der Waals surface area contributed by atoms with Gasteiger partial charge in [-0.05, 0) is 50.7 Å². The summed E-state index contributed by atoms with van der Waals surface area (Å²) < 4.78 is 0.949. The van der Waals surface area contributed by atoms with E-state index in [1.54, 1.807) is 4.90 Å². The van der Waals surface area contributed by atoms with Gasteiger partial charge in [-0.1, -0.05) is 15.9 Å². The molecule has 0 atom stereocenters. The van der Waals surface area contributed by atoms with Crippen molar-refractivity contribution in [2.24, 2.45) is 0 Å². The fourth-order valence-electron chi connectivity index (χ4n) is 1.67. The van der Waals surface area contributed by atoms with E-state index in [9.17, 15) is 4.79 Å². The van der Waals surface area contributed by atoms with Crippen LogP contribution in [0.3, 0.4) is 0 Å². The number of hydrogen-bond donors (Lipinski definition) is 1. The number of halogens is 1. The summed E-state index contributed by atoms with van der Waals surface area (Å²) in [6.45, 7) is 3.68. The summed E-state index contributed by atoms with van der Waals surface area (Å²) in [4.78, 5) is 13.9. The van der Waals surface area contributed by atoms with Crippen LogP contribution in [0.4, 0.5) is 0 Å². The average Bonchev–Trinajstić information content (AvgIpc) is 2.27. The number of benzene rings is 1. The van der Waals surface area contributed by atoms with Crippen molar-refractivity contribution in [1.82, 2.24) is 10.2 Å². The molecule has 0 heterocycles. The van der Waals surface area contributed by atoms with Crippen LogP contribution >= 0.6 is 15.9 Å². The molecule has 17 heavy (non-hydrogen) atoms. The smallest absolute Gasteiger partial charge is 0.253 e. The first kappa shape index (κ1) is 14.2. The highest BCUT2D eigenvalue weighted by Crippen LogP contribution is 2.16. The number of rotatable bonds is 5. The predicted octanol–water partition coefficient (Wildman–Crippen LogP) is 2.44. The Morgan fingerprint density at radius 1 is 1.41 bits per heavy atom. The van der Waals surface area contributed by atoms with Crippen LogP contribution in [0.25, 0.3) is 0 Å². The zero-order valence-electron chi connectivity index (χ0n) is 10.6. The van der Waals surface area contributed by atoms with Crippen LogP contribution in [-0.2, 0) is 0 Å². The maximum atomic E-state index is 12.1. The number of amides is 1. The van der Waals surface area contributed by atoms with Crippen molar-refractivity contribution in [3.05, 3.63) is 33.8 Å². The Bertz CT molecular complexity index is 373. The van der Waals surface area contributed by atoms with E-state index < -0.39 is 0 Å². The SMILES string of the molecule is CNCCCN(C)C(=O)c1cc(C)cc(Br)c1. The molecule has 4 heteroatoms. The summed E-state index contributed by atoms with van der Waals surface area (Å²) in [5.41, 5.74) is 1.83. The fraction of sp³-hybridized carbons (Fsp3) is 0.462. The lowest BCUT2D eigenvalue weighted by Crippen LogP contribution is -2.29. The zero-order chi connectivity index (χ0) is 12.8. The monoisotopic (exact) mass is 298 g/mol. The highest BCUT2D eigenvalue weighted by Gasteiger charge is 2.11. The Hall–Kier alpha value is -0.870. The van der Waals surface area contributed by atoms with E-state index in [-0.39, 0.29) is 5.91 Å². The second kappa shape index (κ2) is 6.77. The molecule has 1 N–H and O–H groups in total. The third kappa shape index (κ3) is 4.48. The van der Waals surface area contributed by atoms with Gasteiger partial charge in [-0.25, -0.2) is 0 Å². The van der Waals surface area contributed by atoms with E-state index in [2.05, 4.69) is 21.2 Å². The van der Waals surface area contributed by atoms with E-state index in [1.807, 2.05) is 39.2 Å². The Balaban J connectivity index is 2.68. The van der Waals surface area contributed by atoms with Gasteiger partial charge in [0.25, 0.3) is 5.91 Å². The quantitative estimate of drug-likeness (QED) is 0.847. The van der Waals surface area contributed by atoms with Crippen LogP contribution in [0.2, 0.25) is 0 Å². The second-order valence-electron chi connectivity index (χ2n) is 4.20. The van der Waals surface area contributed by atoms with Crippen molar-refractivity contribution in [2.45, 2.75) is 13.3 Å². The van der Waals surface area contributed by atoms with Gasteiger partial charge in [-0.15, -0.1) is 0 Å². The number of carbonyl (C=O) groups excluding carboxylic acids is 1. The molecule has 1 rings (SSSR count). The van der Waals surface area contributed by atoms with Gasteiger partial charge in [0, 0.05) is 23.6 Å². The van der Waals surface area contributed by atoms with Crippen molar-refractivity contribution in [3.8, 4) is 0 Å². The van der Waals surface area contributed by atoms with Gasteiger partial charge in [-0.3, -0.25) is 4.79 Å². The molecule has 0 aliphatic heterocycles. The van der Waals surface area contributed by atoms with Crippen molar-refractivity contribution in [2.75, 3.05) is 27.2 Å². The summed E-state index contributed by atoms with van der Waals surface area (Å²) >= 11 is 3.41. The van der Waals surface area contributed by atoms with Gasteiger partial charge in [0.2, 0.25) is 0 Å². The molecule has 0 saturated heterocycles. The topological polar surface area (TPSA) is 32.3 Å². The Morgan fingerprint density at radius 2 is 2.12 bits per heavy atom. The fourth-order valence-corrected chi connectivity index (χ4v) is 2.28. The Labute approximate surface area is 111 Å². The molecule has 0 unspecified atom stereocenters. The summed E-state index contributed by atoms with van der Waals surface area (Å²) in [5, 5.41) is 3.07. The van der Waals surface area contributed by atoms with E-state index in [1.165, 1.54) is 0 Å². The molecule has 0 aliphatic carbocycles. The van der Waals surface area contributed by atoms with E-state index in [0.717, 1.165) is 35.1 Å². The second-order valence-corrected chi connectivity index (χ2v) is 5.12. The third-order valence-electron chi connectivity index (χ3n) is 2.56. The Kier molecular flexibility index (Phi) is 5.65. The van der Waals surface area contributed by atoms with Gasteiger partial charge < -0.3 is 10.2 Å². The van der Waals surface area contributed by atoms with Crippen molar-refractivity contribution in [1.29, 1.82) is 0 Å². The lowest BCUT2D eigenvalue weighted by molar-refractivity contribution is 0.0793. The first-order valence-corrected chi connectivity index (χ1v) is 6.51. The van der Waals surface area contributed by atoms with Crippen molar-refractivity contribution in [3.63, 3.8) is 0 Å². The maximum Gasteiger partial charge on any atom is 0.253 e. The largest absolute Gasteiger partial charge is 0.342 e. The summed E-state index contributed by atoms with van der Waals surface area (Å²) in [5.74, 6) is 0.0745. The lowest BCUT2D eigenvalue weighted by atomic mass is 10.1. The minimum absolute atomic E-state index is 0.0745. The molecule has 94 valence electrons.